The smallest absolute Gasteiger partial charge is 0.0739 e. The van der Waals surface area contributed by atoms with Gasteiger partial charge in [-0.1, -0.05) is 62.6 Å². The quantitative estimate of drug-likeness (QED) is 0.219. The molecule has 0 bridgehead atoms. The van der Waals surface area contributed by atoms with Crippen LogP contribution in [0, 0.1) is 5.92 Å². The third kappa shape index (κ3) is 7.21. The molecular formula is C27H35NS. The van der Waals surface area contributed by atoms with Crippen molar-refractivity contribution < 1.29 is 0 Å². The molecule has 0 unspecified atom stereocenters. The molecule has 2 aromatic rings. The molecule has 0 atom stereocenters. The lowest BCUT2D eigenvalue weighted by atomic mass is 9.77. The molecule has 1 saturated carbocycles. The number of aryl methyl sites for hydroxylation is 2. The summed E-state index contributed by atoms with van der Waals surface area (Å²) >= 11 is 4.68. The zero-order chi connectivity index (χ0) is 20.3. The van der Waals surface area contributed by atoms with Crippen molar-refractivity contribution in [2.75, 3.05) is 0 Å². The first kappa shape index (κ1) is 21.9. The number of unbranched alkanes of at least 4 members (excludes halogenated alkanes) is 3. The van der Waals surface area contributed by atoms with Gasteiger partial charge in [0, 0.05) is 0 Å². The maximum atomic E-state index is 4.68. The zero-order valence-corrected chi connectivity index (χ0v) is 18.7. The molecule has 29 heavy (non-hydrogen) atoms. The van der Waals surface area contributed by atoms with Crippen LogP contribution in [-0.4, -0.2) is 5.16 Å². The standard InChI is InChI=1S/C27H35NS/c1-2-3-4-5-6-22-7-9-23(10-8-22)11-12-24-13-15-25(16-14-24)26-17-19-27(20-18-26)28-21-29/h7-10,17-20,24-25H,2-6,11-16H2,1H3/t24-,25-. The van der Waals surface area contributed by atoms with E-state index in [1.54, 1.807) is 0 Å². The third-order valence-electron chi connectivity index (χ3n) is 6.57. The van der Waals surface area contributed by atoms with Crippen LogP contribution in [-0.2, 0) is 12.8 Å². The maximum absolute atomic E-state index is 4.68. The SMILES string of the molecule is CCCCCCc1ccc(CC[C@H]2CC[C@H](c3ccc(N=C=S)cc3)CC2)cc1. The number of rotatable bonds is 10. The summed E-state index contributed by atoms with van der Waals surface area (Å²) in [5, 5.41) is 2.44. The van der Waals surface area contributed by atoms with Gasteiger partial charge in [-0.05, 0) is 104 Å². The lowest BCUT2D eigenvalue weighted by Crippen LogP contribution is -2.14. The van der Waals surface area contributed by atoms with Gasteiger partial charge in [0.1, 0.15) is 0 Å². The highest BCUT2D eigenvalue weighted by molar-refractivity contribution is 7.78. The first-order chi connectivity index (χ1) is 14.3. The van der Waals surface area contributed by atoms with Crippen molar-refractivity contribution in [1.82, 2.24) is 0 Å². The van der Waals surface area contributed by atoms with Gasteiger partial charge in [-0.15, -0.1) is 0 Å². The van der Waals surface area contributed by atoms with Gasteiger partial charge < -0.3 is 0 Å². The minimum atomic E-state index is 0.712. The van der Waals surface area contributed by atoms with E-state index in [4.69, 9.17) is 0 Å². The van der Waals surface area contributed by atoms with Gasteiger partial charge in [0.2, 0.25) is 0 Å². The van der Waals surface area contributed by atoms with Gasteiger partial charge in [0.15, 0.2) is 0 Å². The van der Waals surface area contributed by atoms with Gasteiger partial charge in [-0.25, -0.2) is 0 Å². The molecule has 2 heteroatoms. The highest BCUT2D eigenvalue weighted by Gasteiger charge is 2.22. The molecular weight excluding hydrogens is 370 g/mol. The topological polar surface area (TPSA) is 12.4 Å². The predicted molar refractivity (Wildman–Crippen MR) is 128 cm³/mol. The number of aliphatic imine (C=N–C) groups is 1. The van der Waals surface area contributed by atoms with Crippen molar-refractivity contribution in [2.24, 2.45) is 10.9 Å². The van der Waals surface area contributed by atoms with E-state index in [9.17, 15) is 0 Å². The molecule has 0 radical (unpaired) electrons. The Morgan fingerprint density at radius 1 is 0.828 bits per heavy atom. The minimum Gasteiger partial charge on any atom is -0.195 e. The van der Waals surface area contributed by atoms with E-state index in [2.05, 4.69) is 77.8 Å². The summed E-state index contributed by atoms with van der Waals surface area (Å²) in [6.45, 7) is 2.28. The van der Waals surface area contributed by atoms with E-state index >= 15 is 0 Å². The monoisotopic (exact) mass is 405 g/mol. The molecule has 0 N–H and O–H groups in total. The Morgan fingerprint density at radius 3 is 2.10 bits per heavy atom. The summed E-state index contributed by atoms with van der Waals surface area (Å²) < 4.78 is 0. The molecule has 2 aromatic carbocycles. The molecule has 0 amide bonds. The largest absolute Gasteiger partial charge is 0.195 e. The van der Waals surface area contributed by atoms with Crippen molar-refractivity contribution in [3.63, 3.8) is 0 Å². The average molecular weight is 406 g/mol. The summed E-state index contributed by atoms with van der Waals surface area (Å²) in [4.78, 5) is 4.05. The molecule has 1 fully saturated rings. The molecule has 0 aromatic heterocycles. The van der Waals surface area contributed by atoms with E-state index in [0.29, 0.717) is 5.92 Å². The van der Waals surface area contributed by atoms with Gasteiger partial charge in [0.25, 0.3) is 0 Å². The average Bonchev–Trinajstić information content (AvgIpc) is 2.77. The lowest BCUT2D eigenvalue weighted by Gasteiger charge is -2.29. The van der Waals surface area contributed by atoms with Crippen LogP contribution in [0.4, 0.5) is 5.69 Å². The van der Waals surface area contributed by atoms with E-state index in [-0.39, 0.29) is 0 Å². The van der Waals surface area contributed by atoms with E-state index in [0.717, 1.165) is 11.6 Å². The Bertz CT molecular complexity index is 763. The van der Waals surface area contributed by atoms with Crippen LogP contribution in [0.5, 0.6) is 0 Å². The summed E-state index contributed by atoms with van der Waals surface area (Å²) in [7, 11) is 0. The second-order valence-corrected chi connectivity index (χ2v) is 8.86. The van der Waals surface area contributed by atoms with Crippen molar-refractivity contribution in [3.05, 3.63) is 65.2 Å². The number of benzene rings is 2. The Kier molecular flexibility index (Phi) is 9.12. The molecule has 0 spiro atoms. The fraction of sp³-hybridized carbons (Fsp3) is 0.519. The van der Waals surface area contributed by atoms with Gasteiger partial charge in [-0.2, -0.15) is 4.99 Å². The molecule has 1 aliphatic carbocycles. The first-order valence-electron chi connectivity index (χ1n) is 11.5. The molecule has 1 nitrogen and oxygen atoms in total. The third-order valence-corrected chi connectivity index (χ3v) is 6.66. The molecule has 1 aliphatic rings. The Labute approximate surface area is 182 Å². The van der Waals surface area contributed by atoms with E-state index in [1.165, 1.54) is 87.3 Å². The number of thiocarbonyl (C=S) groups is 1. The molecule has 0 saturated heterocycles. The van der Waals surface area contributed by atoms with Crippen molar-refractivity contribution in [2.45, 2.75) is 83.5 Å². The summed E-state index contributed by atoms with van der Waals surface area (Å²) in [6.07, 6.45) is 14.5. The van der Waals surface area contributed by atoms with E-state index in [1.807, 2.05) is 0 Å². The molecule has 0 heterocycles. The van der Waals surface area contributed by atoms with Gasteiger partial charge in [0.05, 0.1) is 10.8 Å². The predicted octanol–water partition coefficient (Wildman–Crippen LogP) is 8.45. The molecule has 154 valence electrons. The van der Waals surface area contributed by atoms with Crippen LogP contribution >= 0.6 is 12.2 Å². The number of isothiocyanates is 1. The number of nitrogens with zero attached hydrogens (tertiary/aromatic N) is 1. The highest BCUT2D eigenvalue weighted by Crippen LogP contribution is 2.38. The van der Waals surface area contributed by atoms with Crippen LogP contribution in [0.15, 0.2) is 53.5 Å². The summed E-state index contributed by atoms with van der Waals surface area (Å²) in [5.74, 6) is 1.60. The van der Waals surface area contributed by atoms with Crippen LogP contribution in [0.25, 0.3) is 0 Å². The fourth-order valence-corrected chi connectivity index (χ4v) is 4.76. The van der Waals surface area contributed by atoms with Crippen molar-refractivity contribution >= 4 is 23.1 Å². The maximum Gasteiger partial charge on any atom is 0.0739 e. The van der Waals surface area contributed by atoms with E-state index < -0.39 is 0 Å². The Balaban J connectivity index is 1.39. The van der Waals surface area contributed by atoms with Crippen LogP contribution in [0.1, 0.15) is 87.3 Å². The van der Waals surface area contributed by atoms with Gasteiger partial charge in [-0.3, -0.25) is 0 Å². The fourth-order valence-electron chi connectivity index (χ4n) is 4.66. The van der Waals surface area contributed by atoms with Crippen molar-refractivity contribution in [1.29, 1.82) is 0 Å². The lowest BCUT2D eigenvalue weighted by molar-refractivity contribution is 0.310. The first-order valence-corrected chi connectivity index (χ1v) is 11.9. The highest BCUT2D eigenvalue weighted by atomic mass is 32.1. The minimum absolute atomic E-state index is 0.712. The normalized spacial score (nSPS) is 18.9. The van der Waals surface area contributed by atoms with Crippen LogP contribution < -0.4 is 0 Å². The second kappa shape index (κ2) is 12.1. The summed E-state index contributed by atoms with van der Waals surface area (Å²) in [6, 6.07) is 18.0. The van der Waals surface area contributed by atoms with Crippen LogP contribution in [0.2, 0.25) is 0 Å². The second-order valence-electron chi connectivity index (χ2n) is 8.68. The number of hydrogen-bond donors (Lipinski definition) is 0. The Hall–Kier alpha value is -1.76. The van der Waals surface area contributed by atoms with Crippen molar-refractivity contribution in [3.8, 4) is 0 Å². The van der Waals surface area contributed by atoms with Crippen LogP contribution in [0.3, 0.4) is 0 Å². The zero-order valence-electron chi connectivity index (χ0n) is 17.9. The summed E-state index contributed by atoms with van der Waals surface area (Å²) in [5.41, 5.74) is 5.39. The molecule has 0 aliphatic heterocycles. The Morgan fingerprint density at radius 2 is 1.48 bits per heavy atom. The number of hydrogen-bond acceptors (Lipinski definition) is 2. The van der Waals surface area contributed by atoms with Gasteiger partial charge >= 0.3 is 0 Å². The molecule has 3 rings (SSSR count).